The van der Waals surface area contributed by atoms with E-state index in [0.717, 1.165) is 19.3 Å². The summed E-state index contributed by atoms with van der Waals surface area (Å²) in [5.74, 6) is -0.246. The highest BCUT2D eigenvalue weighted by Crippen LogP contribution is 2.32. The average molecular weight is 345 g/mol. The third-order valence-electron chi connectivity index (χ3n) is 5.60. The molecule has 0 rings (SSSR count). The third-order valence-corrected chi connectivity index (χ3v) is 11.4. The van der Waals surface area contributed by atoms with Crippen molar-refractivity contribution < 1.29 is 14.6 Å². The molecule has 0 fully saturated rings. The Kier molecular flexibility index (Phi) is 9.67. The summed E-state index contributed by atoms with van der Waals surface area (Å²) in [7, 11) is -1.16. The van der Waals surface area contributed by atoms with Crippen LogP contribution in [0.4, 0.5) is 0 Å². The molecule has 3 nitrogen and oxygen atoms in total. The minimum absolute atomic E-state index is 0.141. The van der Waals surface area contributed by atoms with Crippen LogP contribution in [-0.4, -0.2) is 19.6 Å². The van der Waals surface area contributed by atoms with E-state index in [1.54, 1.807) is 0 Å². The van der Waals surface area contributed by atoms with Crippen LogP contribution < -0.4 is 0 Å². The average Bonchev–Trinajstić information content (AvgIpc) is 2.52. The van der Waals surface area contributed by atoms with Gasteiger partial charge in [-0.05, 0) is 31.6 Å². The minimum Gasteiger partial charge on any atom is -0.298 e. The number of hydrogen-bond acceptors (Lipinski definition) is 3. The molecule has 0 amide bonds. The van der Waals surface area contributed by atoms with Gasteiger partial charge in [-0.25, -0.2) is 4.79 Å². The second-order valence-electron chi connectivity index (χ2n) is 8.46. The number of carbonyl (C=O) groups excluding carboxylic acids is 1. The lowest BCUT2D eigenvalue weighted by atomic mass is 9.91. The van der Waals surface area contributed by atoms with E-state index in [9.17, 15) is 4.79 Å². The van der Waals surface area contributed by atoms with Gasteiger partial charge in [-0.3, -0.25) is 4.89 Å². The number of hydrogen-bond donors (Lipinski definition) is 0. The highest BCUT2D eigenvalue weighted by atomic mass is 28.3. The molecule has 0 N–H and O–H groups in total. The van der Waals surface area contributed by atoms with E-state index in [1.165, 1.54) is 24.2 Å². The molecule has 0 bridgehead atoms. The van der Waals surface area contributed by atoms with Gasteiger partial charge in [-0.1, -0.05) is 72.6 Å². The Balaban J connectivity index is 4.47. The van der Waals surface area contributed by atoms with Crippen LogP contribution >= 0.6 is 0 Å². The van der Waals surface area contributed by atoms with Crippen LogP contribution in [0.1, 0.15) is 81.1 Å². The van der Waals surface area contributed by atoms with Crippen LogP contribution in [0.25, 0.3) is 0 Å². The van der Waals surface area contributed by atoms with Gasteiger partial charge in [-0.2, -0.15) is 4.89 Å². The molecular weight excluding hydrogens is 304 g/mol. The predicted octanol–water partition coefficient (Wildman–Crippen LogP) is 6.35. The van der Waals surface area contributed by atoms with E-state index in [-0.39, 0.29) is 17.0 Å². The summed E-state index contributed by atoms with van der Waals surface area (Å²) in [4.78, 5) is 22.6. The van der Waals surface area contributed by atoms with Crippen molar-refractivity contribution in [2.45, 2.75) is 111 Å². The Morgan fingerprint density at radius 3 is 1.83 bits per heavy atom. The topological polar surface area (TPSA) is 35.5 Å². The van der Waals surface area contributed by atoms with Crippen LogP contribution in [0.5, 0.6) is 0 Å². The fourth-order valence-electron chi connectivity index (χ4n) is 2.75. The lowest BCUT2D eigenvalue weighted by Gasteiger charge is -2.33. The van der Waals surface area contributed by atoms with E-state index in [1.807, 2.05) is 0 Å². The zero-order chi connectivity index (χ0) is 18.1. The molecular formula is C19H40O3Si. The maximum Gasteiger partial charge on any atom is 0.342 e. The molecule has 1 unspecified atom stereocenters. The SMILES string of the molecule is CCC(C)(CC[Si](CC)(CC)CC)OOC(=O)CCC(C)(C)C. The van der Waals surface area contributed by atoms with Gasteiger partial charge in [0.15, 0.2) is 0 Å². The molecule has 0 aromatic carbocycles. The van der Waals surface area contributed by atoms with Crippen molar-refractivity contribution in [3.63, 3.8) is 0 Å². The third kappa shape index (κ3) is 8.90. The maximum atomic E-state index is 11.9. The summed E-state index contributed by atoms with van der Waals surface area (Å²) in [6.07, 6.45) is 3.08. The van der Waals surface area contributed by atoms with Gasteiger partial charge >= 0.3 is 5.97 Å². The van der Waals surface area contributed by atoms with Crippen molar-refractivity contribution in [3.05, 3.63) is 0 Å². The van der Waals surface area contributed by atoms with Gasteiger partial charge in [0.25, 0.3) is 0 Å². The summed E-state index contributed by atoms with van der Waals surface area (Å²) >= 11 is 0. The van der Waals surface area contributed by atoms with Crippen molar-refractivity contribution in [2.75, 3.05) is 0 Å². The molecule has 0 aromatic rings. The molecule has 138 valence electrons. The second kappa shape index (κ2) is 9.82. The second-order valence-corrected chi connectivity index (χ2v) is 14.1. The molecule has 0 spiro atoms. The fourth-order valence-corrected chi connectivity index (χ4v) is 6.37. The van der Waals surface area contributed by atoms with Gasteiger partial charge in [-0.15, -0.1) is 0 Å². The lowest BCUT2D eigenvalue weighted by Crippen LogP contribution is -2.37. The lowest BCUT2D eigenvalue weighted by molar-refractivity contribution is -0.330. The van der Waals surface area contributed by atoms with E-state index in [0.29, 0.717) is 6.42 Å². The Bertz CT molecular complexity index is 337. The summed E-state index contributed by atoms with van der Waals surface area (Å²) in [6, 6.07) is 5.22. The number of rotatable bonds is 11. The van der Waals surface area contributed by atoms with E-state index in [4.69, 9.17) is 9.78 Å². The molecule has 0 aliphatic rings. The molecule has 1 atom stereocenters. The first-order valence-electron chi connectivity index (χ1n) is 9.44. The molecule has 0 aliphatic heterocycles. The van der Waals surface area contributed by atoms with Gasteiger partial charge in [0.05, 0.1) is 8.07 Å². The first kappa shape index (κ1) is 22.6. The largest absolute Gasteiger partial charge is 0.342 e. The summed E-state index contributed by atoms with van der Waals surface area (Å²) in [5.41, 5.74) is -0.211. The molecule has 0 saturated heterocycles. The Labute approximate surface area is 145 Å². The zero-order valence-electron chi connectivity index (χ0n) is 16.9. The van der Waals surface area contributed by atoms with Crippen molar-refractivity contribution in [2.24, 2.45) is 5.41 Å². The van der Waals surface area contributed by atoms with E-state index < -0.39 is 8.07 Å². The van der Waals surface area contributed by atoms with Crippen LogP contribution in [-0.2, 0) is 14.6 Å². The van der Waals surface area contributed by atoms with Gasteiger partial charge in [0.1, 0.15) is 5.60 Å². The molecule has 23 heavy (non-hydrogen) atoms. The van der Waals surface area contributed by atoms with Gasteiger partial charge < -0.3 is 0 Å². The molecule has 0 aromatic heterocycles. The van der Waals surface area contributed by atoms with E-state index in [2.05, 4.69) is 55.4 Å². The molecule has 0 radical (unpaired) electrons. The normalized spacial score (nSPS) is 15.3. The molecule has 0 aliphatic carbocycles. The highest BCUT2D eigenvalue weighted by molar-refractivity contribution is 6.79. The molecule has 4 heteroatoms. The van der Waals surface area contributed by atoms with Crippen molar-refractivity contribution in [1.82, 2.24) is 0 Å². The summed E-state index contributed by atoms with van der Waals surface area (Å²) < 4.78 is 0. The molecule has 0 heterocycles. The minimum atomic E-state index is -1.16. The first-order valence-corrected chi connectivity index (χ1v) is 12.3. The highest BCUT2D eigenvalue weighted by Gasteiger charge is 2.33. The van der Waals surface area contributed by atoms with Crippen molar-refractivity contribution >= 4 is 14.0 Å². The van der Waals surface area contributed by atoms with Crippen LogP contribution in [0, 0.1) is 5.41 Å². The van der Waals surface area contributed by atoms with Gasteiger partial charge in [0.2, 0.25) is 0 Å². The summed E-state index contributed by atoms with van der Waals surface area (Å²) in [5, 5.41) is 0. The van der Waals surface area contributed by atoms with Crippen LogP contribution in [0.3, 0.4) is 0 Å². The Morgan fingerprint density at radius 2 is 1.43 bits per heavy atom. The van der Waals surface area contributed by atoms with Crippen LogP contribution in [0.2, 0.25) is 24.2 Å². The Morgan fingerprint density at radius 1 is 0.913 bits per heavy atom. The Hall–Kier alpha value is -0.353. The van der Waals surface area contributed by atoms with E-state index >= 15 is 0 Å². The van der Waals surface area contributed by atoms with Crippen molar-refractivity contribution in [3.8, 4) is 0 Å². The standard InChI is InChI=1S/C19H40O3Si/c1-9-19(8,15-16-23(10-2,11-3)12-4)22-21-17(20)13-14-18(5,6)7/h9-16H2,1-8H3. The monoisotopic (exact) mass is 344 g/mol. The number of carbonyl (C=O) groups is 1. The van der Waals surface area contributed by atoms with Gasteiger partial charge in [0, 0.05) is 6.42 Å². The predicted molar refractivity (Wildman–Crippen MR) is 101 cm³/mol. The maximum absolute atomic E-state index is 11.9. The summed E-state index contributed by atoms with van der Waals surface area (Å²) in [6.45, 7) is 17.5. The smallest absolute Gasteiger partial charge is 0.298 e. The first-order chi connectivity index (χ1) is 10.6. The van der Waals surface area contributed by atoms with Crippen LogP contribution in [0.15, 0.2) is 0 Å². The molecule has 0 saturated carbocycles. The zero-order valence-corrected chi connectivity index (χ0v) is 17.9. The fraction of sp³-hybridized carbons (Fsp3) is 0.947. The quantitative estimate of drug-likeness (QED) is 0.249. The van der Waals surface area contributed by atoms with Crippen molar-refractivity contribution in [1.29, 1.82) is 0 Å².